The lowest BCUT2D eigenvalue weighted by atomic mass is 10.2. The van der Waals surface area contributed by atoms with Crippen LogP contribution in [0, 0.1) is 0 Å². The second-order valence-corrected chi connectivity index (χ2v) is 7.24. The van der Waals surface area contributed by atoms with Gasteiger partial charge in [0.25, 0.3) is 0 Å². The molecule has 1 amide bonds. The van der Waals surface area contributed by atoms with E-state index in [0.29, 0.717) is 13.1 Å². The molecule has 1 atom stereocenters. The van der Waals surface area contributed by atoms with E-state index in [1.807, 2.05) is 49.9 Å². The van der Waals surface area contributed by atoms with E-state index in [9.17, 15) is 4.79 Å². The van der Waals surface area contributed by atoms with Gasteiger partial charge in [0, 0.05) is 46.0 Å². The topological polar surface area (TPSA) is 73.3 Å². The third-order valence-electron chi connectivity index (χ3n) is 4.97. The van der Waals surface area contributed by atoms with Gasteiger partial charge in [-0.05, 0) is 39.3 Å². The second kappa shape index (κ2) is 13.6. The lowest BCUT2D eigenvalue weighted by molar-refractivity contribution is -0.131. The van der Waals surface area contributed by atoms with Crippen LogP contribution in [0.1, 0.15) is 33.3 Å². The first-order valence-corrected chi connectivity index (χ1v) is 10.6. The molecule has 1 aromatic rings. The first-order valence-electron chi connectivity index (χ1n) is 10.6. The molecule has 0 radical (unpaired) electrons. The fourth-order valence-corrected chi connectivity index (χ4v) is 3.31. The number of ether oxygens (including phenoxy) is 1. The normalized spacial score (nSPS) is 16.6. The van der Waals surface area contributed by atoms with Gasteiger partial charge in [-0.1, -0.05) is 6.07 Å². The number of hydrogen-bond acceptors (Lipinski definition) is 5. The summed E-state index contributed by atoms with van der Waals surface area (Å²) in [5.74, 6) is 1.80. The number of hydrogen-bond donors (Lipinski definition) is 1. The Morgan fingerprint density at radius 2 is 2.07 bits per heavy atom. The van der Waals surface area contributed by atoms with Gasteiger partial charge in [-0.3, -0.25) is 4.79 Å². The zero-order valence-corrected chi connectivity index (χ0v) is 21.3. The number of amides is 1. The van der Waals surface area contributed by atoms with Crippen LogP contribution < -0.4 is 10.2 Å². The molecule has 1 N–H and O–H groups in total. The number of nitrogens with one attached hydrogen (secondary N) is 1. The SMILES string of the molecule is CCNC(=NCc1ccc(N2CCOC(C)C2)nc1)N(C)CC(=O)N(CC)CC.I. The predicted octanol–water partition coefficient (Wildman–Crippen LogP) is 2.19. The molecule has 1 aliphatic heterocycles. The van der Waals surface area contributed by atoms with Crippen LogP contribution in [0.25, 0.3) is 0 Å². The number of guanidine groups is 1. The minimum absolute atomic E-state index is 0. The minimum atomic E-state index is 0. The molecule has 0 spiro atoms. The van der Waals surface area contributed by atoms with Crippen LogP contribution in [-0.2, 0) is 16.1 Å². The molecule has 2 heterocycles. The second-order valence-electron chi connectivity index (χ2n) is 7.24. The molecule has 170 valence electrons. The average Bonchev–Trinajstić information content (AvgIpc) is 2.72. The van der Waals surface area contributed by atoms with E-state index >= 15 is 0 Å². The molecule has 1 aliphatic rings. The van der Waals surface area contributed by atoms with Crippen LogP contribution in [0.5, 0.6) is 0 Å². The number of carbonyl (C=O) groups excluding carboxylic acids is 1. The maximum Gasteiger partial charge on any atom is 0.242 e. The number of pyridine rings is 1. The van der Waals surface area contributed by atoms with Crippen LogP contribution >= 0.6 is 24.0 Å². The monoisotopic (exact) mass is 532 g/mol. The maximum atomic E-state index is 12.4. The van der Waals surface area contributed by atoms with Crippen molar-refractivity contribution in [2.45, 2.75) is 40.3 Å². The molecule has 8 nitrogen and oxygen atoms in total. The molecule has 30 heavy (non-hydrogen) atoms. The molecule has 1 fully saturated rings. The fourth-order valence-electron chi connectivity index (χ4n) is 3.31. The first kappa shape index (κ1) is 26.4. The van der Waals surface area contributed by atoms with Crippen molar-refractivity contribution in [1.82, 2.24) is 20.1 Å². The van der Waals surface area contributed by atoms with Crippen molar-refractivity contribution in [3.05, 3.63) is 23.9 Å². The Bertz CT molecular complexity index is 666. The minimum Gasteiger partial charge on any atom is -0.375 e. The zero-order valence-electron chi connectivity index (χ0n) is 18.9. The van der Waals surface area contributed by atoms with Crippen molar-refractivity contribution in [2.75, 3.05) is 57.8 Å². The number of carbonyl (C=O) groups is 1. The number of aromatic nitrogens is 1. The van der Waals surface area contributed by atoms with Gasteiger partial charge in [-0.15, -0.1) is 24.0 Å². The summed E-state index contributed by atoms with van der Waals surface area (Å²) < 4.78 is 5.59. The number of aliphatic imine (C=N–C) groups is 1. The first-order chi connectivity index (χ1) is 14.0. The van der Waals surface area contributed by atoms with Crippen LogP contribution in [0.2, 0.25) is 0 Å². The summed E-state index contributed by atoms with van der Waals surface area (Å²) in [5.41, 5.74) is 1.04. The van der Waals surface area contributed by atoms with Crippen molar-refractivity contribution < 1.29 is 9.53 Å². The molecule has 1 unspecified atom stereocenters. The van der Waals surface area contributed by atoms with Crippen molar-refractivity contribution >= 4 is 41.7 Å². The van der Waals surface area contributed by atoms with Crippen LogP contribution in [0.3, 0.4) is 0 Å². The summed E-state index contributed by atoms with van der Waals surface area (Å²) in [6.45, 7) is 13.6. The zero-order chi connectivity index (χ0) is 21.2. The molecule has 0 aliphatic carbocycles. The molecule has 9 heteroatoms. The van der Waals surface area contributed by atoms with Crippen LogP contribution in [0.15, 0.2) is 23.3 Å². The Balaban J connectivity index is 0.00000450. The summed E-state index contributed by atoms with van der Waals surface area (Å²) in [6.07, 6.45) is 2.11. The number of likely N-dealkylation sites (N-methyl/N-ethyl adjacent to an activating group) is 2. The summed E-state index contributed by atoms with van der Waals surface area (Å²) >= 11 is 0. The molecule has 0 aromatic carbocycles. The number of nitrogens with zero attached hydrogens (tertiary/aromatic N) is 5. The van der Waals surface area contributed by atoms with Gasteiger partial charge >= 0.3 is 0 Å². The van der Waals surface area contributed by atoms with Gasteiger partial charge in [0.1, 0.15) is 5.82 Å². The van der Waals surface area contributed by atoms with E-state index in [0.717, 1.165) is 56.7 Å². The Labute approximate surface area is 198 Å². The van der Waals surface area contributed by atoms with E-state index in [1.54, 1.807) is 0 Å². The molecule has 0 saturated carbocycles. The highest BCUT2D eigenvalue weighted by atomic mass is 127. The lowest BCUT2D eigenvalue weighted by Crippen LogP contribution is -2.45. The van der Waals surface area contributed by atoms with E-state index in [4.69, 9.17) is 4.74 Å². The molecule has 1 saturated heterocycles. The molecule has 2 rings (SSSR count). The Kier molecular flexibility index (Phi) is 12.0. The van der Waals surface area contributed by atoms with Crippen molar-refractivity contribution in [3.8, 4) is 0 Å². The molecular formula is C21H37IN6O2. The number of rotatable bonds is 8. The summed E-state index contributed by atoms with van der Waals surface area (Å²) in [4.78, 5) is 27.6. The Morgan fingerprint density at radius 1 is 1.33 bits per heavy atom. The van der Waals surface area contributed by atoms with Crippen molar-refractivity contribution in [1.29, 1.82) is 0 Å². The van der Waals surface area contributed by atoms with Gasteiger partial charge < -0.3 is 24.8 Å². The Hall–Kier alpha value is -1.62. The highest BCUT2D eigenvalue weighted by Crippen LogP contribution is 2.15. The third kappa shape index (κ3) is 7.90. The number of morpholine rings is 1. The fraction of sp³-hybridized carbons (Fsp3) is 0.667. The molecular weight excluding hydrogens is 495 g/mol. The van der Waals surface area contributed by atoms with E-state index in [-0.39, 0.29) is 36.0 Å². The Morgan fingerprint density at radius 3 is 2.63 bits per heavy atom. The summed E-state index contributed by atoms with van der Waals surface area (Å²) in [7, 11) is 1.89. The quantitative estimate of drug-likeness (QED) is 0.315. The van der Waals surface area contributed by atoms with Crippen molar-refractivity contribution in [2.24, 2.45) is 4.99 Å². The average molecular weight is 532 g/mol. The van der Waals surface area contributed by atoms with Crippen LogP contribution in [-0.4, -0.2) is 85.7 Å². The van der Waals surface area contributed by atoms with Gasteiger partial charge in [0.15, 0.2) is 5.96 Å². The number of anilines is 1. The van der Waals surface area contributed by atoms with E-state index in [1.165, 1.54) is 0 Å². The standard InChI is InChI=1S/C21H36N6O2.HI/c1-6-22-21(25(5)16-20(28)26(7-2)8-3)24-14-18-9-10-19(23-13-18)27-11-12-29-17(4)15-27;/h9-10,13,17H,6-8,11-12,14-16H2,1-5H3,(H,22,24);1H. The molecule has 1 aromatic heterocycles. The summed E-state index contributed by atoms with van der Waals surface area (Å²) in [6, 6.07) is 4.11. The van der Waals surface area contributed by atoms with Gasteiger partial charge in [0.05, 0.1) is 25.8 Å². The van der Waals surface area contributed by atoms with Crippen molar-refractivity contribution in [3.63, 3.8) is 0 Å². The highest BCUT2D eigenvalue weighted by molar-refractivity contribution is 14.0. The lowest BCUT2D eigenvalue weighted by Gasteiger charge is -2.32. The number of halogens is 1. The van der Waals surface area contributed by atoms with E-state index in [2.05, 4.69) is 33.2 Å². The van der Waals surface area contributed by atoms with Gasteiger partial charge in [0.2, 0.25) is 5.91 Å². The van der Waals surface area contributed by atoms with Crippen LogP contribution in [0.4, 0.5) is 5.82 Å². The largest absolute Gasteiger partial charge is 0.375 e. The highest BCUT2D eigenvalue weighted by Gasteiger charge is 2.18. The van der Waals surface area contributed by atoms with E-state index < -0.39 is 0 Å². The maximum absolute atomic E-state index is 12.4. The van der Waals surface area contributed by atoms with Gasteiger partial charge in [-0.25, -0.2) is 9.98 Å². The summed E-state index contributed by atoms with van der Waals surface area (Å²) in [5, 5.41) is 3.26. The predicted molar refractivity (Wildman–Crippen MR) is 133 cm³/mol. The van der Waals surface area contributed by atoms with Gasteiger partial charge in [-0.2, -0.15) is 0 Å². The third-order valence-corrected chi connectivity index (χ3v) is 4.97. The smallest absolute Gasteiger partial charge is 0.242 e. The molecule has 0 bridgehead atoms.